The van der Waals surface area contributed by atoms with Crippen molar-refractivity contribution in [2.45, 2.75) is 44.8 Å². The van der Waals surface area contributed by atoms with E-state index in [4.69, 9.17) is 14.2 Å². The molecule has 1 rings (SSSR count). The van der Waals surface area contributed by atoms with Gasteiger partial charge >= 0.3 is 0 Å². The minimum absolute atomic E-state index is 0.359. The minimum atomic E-state index is -0.461. The van der Waals surface area contributed by atoms with Crippen LogP contribution in [-0.2, 0) is 14.2 Å². The number of aliphatic hydroxyl groups is 1. The fraction of sp³-hybridized carbons (Fsp3) is 1.00. The number of ether oxygens (including phenoxy) is 3. The summed E-state index contributed by atoms with van der Waals surface area (Å²) in [5, 5.41) is 13.1. The number of hydrogen-bond donors (Lipinski definition) is 2. The normalized spacial score (nSPS) is 21.5. The highest BCUT2D eigenvalue weighted by molar-refractivity contribution is 4.71. The van der Waals surface area contributed by atoms with Gasteiger partial charge in [0, 0.05) is 25.8 Å². The minimum Gasteiger partial charge on any atom is -0.389 e. The Morgan fingerprint density at radius 3 is 2.89 bits per heavy atom. The maximum Gasteiger partial charge on any atom is 0.0897 e. The van der Waals surface area contributed by atoms with E-state index in [1.54, 1.807) is 0 Å². The Labute approximate surface area is 116 Å². The molecule has 5 heteroatoms. The summed E-state index contributed by atoms with van der Waals surface area (Å²) < 4.78 is 16.1. The second kappa shape index (κ2) is 11.6. The third-order valence-corrected chi connectivity index (χ3v) is 3.13. The highest BCUT2D eigenvalue weighted by Gasteiger charge is 2.14. The van der Waals surface area contributed by atoms with E-state index in [2.05, 4.69) is 12.2 Å². The van der Waals surface area contributed by atoms with Crippen molar-refractivity contribution in [1.82, 2.24) is 5.32 Å². The Balaban J connectivity index is 1.85. The van der Waals surface area contributed by atoms with Crippen molar-refractivity contribution < 1.29 is 19.3 Å². The number of unbranched alkanes of at least 4 members (excludes halogenated alkanes) is 1. The van der Waals surface area contributed by atoms with E-state index in [1.165, 1.54) is 0 Å². The summed E-state index contributed by atoms with van der Waals surface area (Å²) in [6.45, 7) is 6.62. The van der Waals surface area contributed by atoms with Gasteiger partial charge in [0.1, 0.15) is 0 Å². The van der Waals surface area contributed by atoms with Gasteiger partial charge in [-0.15, -0.1) is 0 Å². The molecule has 0 aromatic rings. The zero-order chi connectivity index (χ0) is 13.8. The molecule has 0 aromatic carbocycles. The van der Waals surface area contributed by atoms with Gasteiger partial charge in [-0.25, -0.2) is 0 Å². The van der Waals surface area contributed by atoms with Gasteiger partial charge in [0.2, 0.25) is 0 Å². The summed E-state index contributed by atoms with van der Waals surface area (Å²) >= 11 is 0. The van der Waals surface area contributed by atoms with E-state index in [0.29, 0.717) is 32.4 Å². The first kappa shape index (κ1) is 16.9. The van der Waals surface area contributed by atoms with Gasteiger partial charge < -0.3 is 24.6 Å². The first-order valence-electron chi connectivity index (χ1n) is 7.47. The van der Waals surface area contributed by atoms with E-state index < -0.39 is 6.10 Å². The molecule has 114 valence electrons. The number of rotatable bonds is 11. The summed E-state index contributed by atoms with van der Waals surface area (Å²) in [4.78, 5) is 0. The molecule has 1 fully saturated rings. The summed E-state index contributed by atoms with van der Waals surface area (Å²) in [5.74, 6) is 0. The average molecular weight is 275 g/mol. The predicted octanol–water partition coefficient (Wildman–Crippen LogP) is 0.949. The molecule has 0 amide bonds. The van der Waals surface area contributed by atoms with Crippen LogP contribution in [0, 0.1) is 0 Å². The first-order chi connectivity index (χ1) is 9.33. The van der Waals surface area contributed by atoms with Crippen molar-refractivity contribution >= 4 is 0 Å². The molecule has 1 saturated heterocycles. The van der Waals surface area contributed by atoms with Gasteiger partial charge in [0.15, 0.2) is 0 Å². The lowest BCUT2D eigenvalue weighted by Gasteiger charge is -2.24. The molecule has 2 atom stereocenters. The van der Waals surface area contributed by atoms with Gasteiger partial charge in [-0.1, -0.05) is 13.3 Å². The summed E-state index contributed by atoms with van der Waals surface area (Å²) in [5.41, 5.74) is 0. The number of nitrogens with one attached hydrogen (secondary N) is 1. The Bertz CT molecular complexity index is 198. The molecule has 0 spiro atoms. The van der Waals surface area contributed by atoms with Crippen LogP contribution < -0.4 is 5.32 Å². The van der Waals surface area contributed by atoms with E-state index in [0.717, 1.165) is 45.5 Å². The quantitative estimate of drug-likeness (QED) is 0.550. The van der Waals surface area contributed by atoms with Crippen LogP contribution in [0.15, 0.2) is 0 Å². The van der Waals surface area contributed by atoms with Crippen molar-refractivity contribution in [3.05, 3.63) is 0 Å². The molecule has 1 aliphatic rings. The van der Waals surface area contributed by atoms with Crippen LogP contribution >= 0.6 is 0 Å². The smallest absolute Gasteiger partial charge is 0.0897 e. The van der Waals surface area contributed by atoms with Crippen molar-refractivity contribution in [3.8, 4) is 0 Å². The van der Waals surface area contributed by atoms with Crippen molar-refractivity contribution in [1.29, 1.82) is 0 Å². The Hall–Kier alpha value is -0.200. The summed E-state index contributed by atoms with van der Waals surface area (Å²) in [6, 6.07) is 0.376. The van der Waals surface area contributed by atoms with Gasteiger partial charge in [0.05, 0.1) is 32.5 Å². The van der Waals surface area contributed by atoms with E-state index in [1.807, 2.05) is 0 Å². The molecular formula is C14H29NO4. The van der Waals surface area contributed by atoms with Crippen LogP contribution in [0.5, 0.6) is 0 Å². The molecule has 19 heavy (non-hydrogen) atoms. The van der Waals surface area contributed by atoms with Gasteiger partial charge in [0.25, 0.3) is 0 Å². The molecular weight excluding hydrogens is 246 g/mol. The maximum atomic E-state index is 9.75. The van der Waals surface area contributed by atoms with Crippen LogP contribution in [0.2, 0.25) is 0 Å². The zero-order valence-corrected chi connectivity index (χ0v) is 12.1. The molecule has 0 saturated carbocycles. The molecule has 0 aliphatic carbocycles. The zero-order valence-electron chi connectivity index (χ0n) is 12.1. The van der Waals surface area contributed by atoms with E-state index in [9.17, 15) is 5.11 Å². The molecule has 2 unspecified atom stereocenters. The van der Waals surface area contributed by atoms with Crippen LogP contribution in [0.4, 0.5) is 0 Å². The molecule has 1 heterocycles. The SMILES string of the molecule is CCCCOCCOCC(O)CNC1CCCOC1. The van der Waals surface area contributed by atoms with Crippen LogP contribution in [0.3, 0.4) is 0 Å². The highest BCUT2D eigenvalue weighted by Crippen LogP contribution is 2.05. The van der Waals surface area contributed by atoms with Crippen molar-refractivity contribution in [3.63, 3.8) is 0 Å². The Morgan fingerprint density at radius 1 is 1.32 bits per heavy atom. The molecule has 1 aliphatic heterocycles. The Morgan fingerprint density at radius 2 is 2.16 bits per heavy atom. The lowest BCUT2D eigenvalue weighted by molar-refractivity contribution is 0.000210. The highest BCUT2D eigenvalue weighted by atomic mass is 16.5. The average Bonchev–Trinajstić information content (AvgIpc) is 2.45. The van der Waals surface area contributed by atoms with Gasteiger partial charge in [-0.2, -0.15) is 0 Å². The van der Waals surface area contributed by atoms with Gasteiger partial charge in [-0.05, 0) is 19.3 Å². The first-order valence-corrected chi connectivity index (χ1v) is 7.47. The molecule has 5 nitrogen and oxygen atoms in total. The number of hydrogen-bond acceptors (Lipinski definition) is 5. The summed E-state index contributed by atoms with van der Waals surface area (Å²) in [7, 11) is 0. The van der Waals surface area contributed by atoms with Crippen molar-refractivity contribution in [2.24, 2.45) is 0 Å². The maximum absolute atomic E-state index is 9.75. The van der Waals surface area contributed by atoms with E-state index >= 15 is 0 Å². The monoisotopic (exact) mass is 275 g/mol. The van der Waals surface area contributed by atoms with Crippen LogP contribution in [0.25, 0.3) is 0 Å². The standard InChI is InChI=1S/C14H29NO4/c1-2-3-6-17-8-9-19-12-14(16)10-15-13-5-4-7-18-11-13/h13-16H,2-12H2,1H3. The topological polar surface area (TPSA) is 60.0 Å². The lowest BCUT2D eigenvalue weighted by atomic mass is 10.1. The fourth-order valence-electron chi connectivity index (χ4n) is 1.95. The Kier molecular flexibility index (Phi) is 10.3. The third-order valence-electron chi connectivity index (χ3n) is 3.13. The van der Waals surface area contributed by atoms with Crippen LogP contribution in [0.1, 0.15) is 32.6 Å². The van der Waals surface area contributed by atoms with Gasteiger partial charge in [-0.3, -0.25) is 0 Å². The summed E-state index contributed by atoms with van der Waals surface area (Å²) in [6.07, 6.45) is 4.00. The second-order valence-corrected chi connectivity index (χ2v) is 5.02. The molecule has 0 aromatic heterocycles. The van der Waals surface area contributed by atoms with Crippen molar-refractivity contribution in [2.75, 3.05) is 46.2 Å². The third kappa shape index (κ3) is 9.35. The largest absolute Gasteiger partial charge is 0.389 e. The molecule has 0 radical (unpaired) electrons. The molecule has 0 bridgehead atoms. The molecule has 2 N–H and O–H groups in total. The number of aliphatic hydroxyl groups excluding tert-OH is 1. The lowest BCUT2D eigenvalue weighted by Crippen LogP contribution is -2.42. The fourth-order valence-corrected chi connectivity index (χ4v) is 1.95. The second-order valence-electron chi connectivity index (χ2n) is 5.02. The van der Waals surface area contributed by atoms with Crippen LogP contribution in [-0.4, -0.2) is 63.4 Å². The predicted molar refractivity (Wildman–Crippen MR) is 74.4 cm³/mol. The van der Waals surface area contributed by atoms with E-state index in [-0.39, 0.29) is 0 Å².